The van der Waals surface area contributed by atoms with Gasteiger partial charge in [0.2, 0.25) is 0 Å². The highest BCUT2D eigenvalue weighted by Crippen LogP contribution is 2.30. The molecular formula is C46H82FN2O5P. The Balaban J connectivity index is -0.000000183. The van der Waals surface area contributed by atoms with Gasteiger partial charge in [0.1, 0.15) is 17.4 Å². The van der Waals surface area contributed by atoms with Gasteiger partial charge in [-0.2, -0.15) is 0 Å². The summed E-state index contributed by atoms with van der Waals surface area (Å²) in [6.07, 6.45) is 11.9. The Bertz CT molecular complexity index is 1380. The molecule has 2 aromatic carbocycles. The summed E-state index contributed by atoms with van der Waals surface area (Å²) in [5, 5.41) is 2.47. The van der Waals surface area contributed by atoms with Crippen LogP contribution in [0.25, 0.3) is 10.8 Å². The summed E-state index contributed by atoms with van der Waals surface area (Å²) in [5.41, 5.74) is 8.73. The van der Waals surface area contributed by atoms with E-state index in [1.807, 2.05) is 79.8 Å². The van der Waals surface area contributed by atoms with Crippen LogP contribution in [0.15, 0.2) is 66.9 Å². The Hall–Kier alpha value is -3.03. The molecule has 9 heteroatoms. The van der Waals surface area contributed by atoms with Gasteiger partial charge in [0.05, 0.1) is 6.61 Å². The van der Waals surface area contributed by atoms with Gasteiger partial charge in [-0.1, -0.05) is 130 Å². The molecule has 1 aromatic heterocycles. The van der Waals surface area contributed by atoms with Crippen molar-refractivity contribution in [2.75, 3.05) is 6.61 Å². The number of Topliss-reactive ketones (excluding diaryl/α,β-unsaturated/α-hetero) is 2. The molecule has 0 aliphatic rings. The number of unbranched alkanes of at least 4 members (excludes halogenated alkanes) is 2. The van der Waals surface area contributed by atoms with Crippen LogP contribution in [-0.4, -0.2) is 28.1 Å². The number of carbonyl (C=O) groups excluding carboxylic acids is 2. The van der Waals surface area contributed by atoms with Crippen molar-refractivity contribution in [1.82, 2.24) is 4.98 Å². The van der Waals surface area contributed by atoms with Gasteiger partial charge in [0.15, 0.2) is 0 Å². The first-order valence-corrected chi connectivity index (χ1v) is 21.8. The highest BCUT2D eigenvalue weighted by Gasteiger charge is 2.08. The van der Waals surface area contributed by atoms with Crippen molar-refractivity contribution in [2.45, 2.75) is 168 Å². The SMILES string of the molecule is C=C(C)C.CC.CC(=O)CCC(C)CCC(C)=O.CCCC.CCCC.CCCOP(N)(=O)O.CCc1cccc(F)c1C.Cc1cc2ccccc2cn1. The topological polar surface area (TPSA) is 120 Å². The number of benzene rings is 2. The van der Waals surface area contributed by atoms with E-state index in [-0.39, 0.29) is 24.0 Å². The lowest BCUT2D eigenvalue weighted by Gasteiger charge is -2.07. The zero-order valence-electron chi connectivity index (χ0n) is 37.7. The highest BCUT2D eigenvalue weighted by molar-refractivity contribution is 7.50. The third kappa shape index (κ3) is 49.0. The minimum absolute atomic E-state index is 0.0978. The van der Waals surface area contributed by atoms with Gasteiger partial charge < -0.3 is 14.5 Å². The molecule has 0 aliphatic heterocycles. The molecule has 3 aromatic rings. The van der Waals surface area contributed by atoms with Crippen molar-refractivity contribution >= 4 is 30.1 Å². The van der Waals surface area contributed by atoms with Crippen molar-refractivity contribution in [3.05, 3.63) is 89.5 Å². The van der Waals surface area contributed by atoms with Crippen molar-refractivity contribution < 1.29 is 28.0 Å². The number of aryl methyl sites for hydroxylation is 2. The van der Waals surface area contributed by atoms with Crippen molar-refractivity contribution in [1.29, 1.82) is 0 Å². The van der Waals surface area contributed by atoms with Gasteiger partial charge in [-0.15, -0.1) is 6.58 Å². The lowest BCUT2D eigenvalue weighted by atomic mass is 9.98. The van der Waals surface area contributed by atoms with Crippen LogP contribution in [0, 0.1) is 25.6 Å². The second-order valence-corrected chi connectivity index (χ2v) is 14.6. The maximum atomic E-state index is 12.8. The van der Waals surface area contributed by atoms with E-state index in [0.717, 1.165) is 36.1 Å². The molecule has 0 bridgehead atoms. The van der Waals surface area contributed by atoms with Gasteiger partial charge >= 0.3 is 7.75 Å². The molecule has 0 spiro atoms. The van der Waals surface area contributed by atoms with Crippen molar-refractivity contribution in [3.63, 3.8) is 0 Å². The Morgan fingerprint density at radius 2 is 1.25 bits per heavy atom. The molecule has 0 radical (unpaired) electrons. The number of fused-ring (bicyclic) bond motifs is 1. The van der Waals surface area contributed by atoms with Gasteiger partial charge in [0, 0.05) is 30.1 Å². The van der Waals surface area contributed by atoms with E-state index >= 15 is 0 Å². The third-order valence-corrected chi connectivity index (χ3v) is 7.54. The lowest BCUT2D eigenvalue weighted by molar-refractivity contribution is -0.117. The molecule has 0 saturated carbocycles. The Morgan fingerprint density at radius 3 is 1.58 bits per heavy atom. The highest BCUT2D eigenvalue weighted by atomic mass is 31.2. The third-order valence-electron chi connectivity index (χ3n) is 6.99. The van der Waals surface area contributed by atoms with Crippen LogP contribution in [0.2, 0.25) is 0 Å². The van der Waals surface area contributed by atoms with E-state index in [0.29, 0.717) is 25.2 Å². The number of halogens is 1. The summed E-state index contributed by atoms with van der Waals surface area (Å²) >= 11 is 0. The van der Waals surface area contributed by atoms with E-state index in [9.17, 15) is 18.5 Å². The van der Waals surface area contributed by atoms with Gasteiger partial charge in [0.25, 0.3) is 0 Å². The van der Waals surface area contributed by atoms with Crippen LogP contribution in [0.1, 0.15) is 165 Å². The smallest absolute Gasteiger partial charge is 0.313 e. The number of pyridine rings is 1. The molecule has 318 valence electrons. The largest absolute Gasteiger partial charge is 0.400 e. The number of nitrogens with zero attached hydrogens (tertiary/aromatic N) is 1. The molecule has 0 amide bonds. The Kier molecular flexibility index (Phi) is 46.9. The molecule has 55 heavy (non-hydrogen) atoms. The summed E-state index contributed by atoms with van der Waals surface area (Å²) in [7, 11) is -3.68. The molecule has 7 nitrogen and oxygen atoms in total. The number of ketones is 2. The number of hydrogen-bond donors (Lipinski definition) is 2. The zero-order valence-corrected chi connectivity index (χ0v) is 38.6. The molecule has 1 unspecified atom stereocenters. The zero-order chi connectivity index (χ0) is 43.8. The molecular weight excluding hydrogens is 710 g/mol. The number of nitrogens with two attached hydrogens (primary N) is 1. The van der Waals surface area contributed by atoms with E-state index in [2.05, 4.69) is 74.4 Å². The molecule has 0 fully saturated rings. The van der Waals surface area contributed by atoms with Gasteiger partial charge in [-0.3, -0.25) is 9.51 Å². The number of rotatable bonds is 12. The van der Waals surface area contributed by atoms with Crippen LogP contribution < -0.4 is 5.50 Å². The standard InChI is InChI=1S/C10H9N.C10H18O2.C9H11F.C4H8.2C4H10.C3H10NO3P.C2H6/c1-8-6-9-4-2-3-5-10(9)7-11-8;1-8(4-6-9(2)11)5-7-10(3)12;1-3-8-5-4-6-9(10)7(8)2;1-4(2)3;2*1-3-4-2;1-2-3-7-8(4,5)6;1-2/h2-7H,1H3;8H,4-7H2,1-3H3;4-6H,3H2,1-2H3;1H2,2-3H3;2*3-4H2,1-2H3;2-3H2,1H3,(H3,4,5,6);1-2H3. The molecule has 1 atom stereocenters. The van der Waals surface area contributed by atoms with Crippen LogP contribution in [0.5, 0.6) is 0 Å². The summed E-state index contributed by atoms with van der Waals surface area (Å²) in [5.74, 6) is 0.881. The minimum atomic E-state index is -3.68. The monoisotopic (exact) mass is 793 g/mol. The maximum absolute atomic E-state index is 12.8. The van der Waals surface area contributed by atoms with Crippen LogP contribution in [-0.2, 0) is 25.1 Å². The number of aromatic nitrogens is 1. The average Bonchev–Trinajstić information content (AvgIpc) is 3.14. The summed E-state index contributed by atoms with van der Waals surface area (Å²) in [6, 6.07) is 15.5. The fourth-order valence-corrected chi connectivity index (χ4v) is 3.94. The number of carbonyl (C=O) groups is 2. The first-order chi connectivity index (χ1) is 25.8. The fourth-order valence-electron chi connectivity index (χ4n) is 3.49. The van der Waals surface area contributed by atoms with E-state index in [4.69, 9.17) is 4.89 Å². The predicted molar refractivity (Wildman–Crippen MR) is 239 cm³/mol. The van der Waals surface area contributed by atoms with Crippen LogP contribution in [0.4, 0.5) is 4.39 Å². The average molecular weight is 793 g/mol. The van der Waals surface area contributed by atoms with Gasteiger partial charge in [-0.25, -0.2) is 14.5 Å². The first kappa shape index (κ1) is 61.2. The van der Waals surface area contributed by atoms with Crippen LogP contribution in [0.3, 0.4) is 0 Å². The quantitative estimate of drug-likeness (QED) is 0.138. The first-order valence-electron chi connectivity index (χ1n) is 20.2. The number of allylic oxidation sites excluding steroid dienone is 1. The van der Waals surface area contributed by atoms with E-state index < -0.39 is 7.75 Å². The number of hydrogen-bond acceptors (Lipinski definition) is 5. The van der Waals surface area contributed by atoms with E-state index in [1.165, 1.54) is 48.1 Å². The lowest BCUT2D eigenvalue weighted by Crippen LogP contribution is -2.01. The van der Waals surface area contributed by atoms with E-state index in [1.54, 1.807) is 19.9 Å². The van der Waals surface area contributed by atoms with Crippen molar-refractivity contribution in [2.24, 2.45) is 11.4 Å². The fraction of sp³-hybridized carbons (Fsp3) is 0.587. The van der Waals surface area contributed by atoms with Crippen LogP contribution >= 0.6 is 7.75 Å². The van der Waals surface area contributed by atoms with Crippen molar-refractivity contribution in [3.8, 4) is 0 Å². The second kappa shape index (κ2) is 42.1. The summed E-state index contributed by atoms with van der Waals surface area (Å²) in [6.45, 7) is 33.4. The molecule has 3 rings (SSSR count). The molecule has 1 heterocycles. The molecule has 0 aliphatic carbocycles. The maximum Gasteiger partial charge on any atom is 0.400 e. The normalized spacial score (nSPS) is 10.4. The summed E-state index contributed by atoms with van der Waals surface area (Å²) in [4.78, 5) is 33.7. The Labute approximate surface area is 337 Å². The summed E-state index contributed by atoms with van der Waals surface area (Å²) < 4.78 is 27.1. The van der Waals surface area contributed by atoms with Gasteiger partial charge in [-0.05, 0) is 102 Å². The molecule has 0 saturated heterocycles. The Morgan fingerprint density at radius 1 is 0.818 bits per heavy atom. The molecule has 3 N–H and O–H groups in total. The second-order valence-electron chi connectivity index (χ2n) is 13.2. The predicted octanol–water partition coefficient (Wildman–Crippen LogP) is 14.3. The minimum Gasteiger partial charge on any atom is -0.313 e.